The molecule has 0 aliphatic carbocycles. The summed E-state index contributed by atoms with van der Waals surface area (Å²) >= 11 is 3.30. The number of benzene rings is 2. The van der Waals surface area contributed by atoms with Gasteiger partial charge < -0.3 is 10.2 Å². The maximum Gasteiger partial charge on any atom is 0.165 e. The van der Waals surface area contributed by atoms with Gasteiger partial charge in [0.1, 0.15) is 0 Å². The van der Waals surface area contributed by atoms with E-state index < -0.39 is 0 Å². The number of hydrogen-bond acceptors (Lipinski definition) is 2. The average Bonchev–Trinajstić information content (AvgIpc) is 2.12. The average molecular weight is 239 g/mol. The first-order chi connectivity index (χ1) is 6.18. The van der Waals surface area contributed by atoms with Crippen molar-refractivity contribution in [3.63, 3.8) is 0 Å². The Kier molecular flexibility index (Phi) is 1.88. The molecule has 0 heterocycles. The van der Waals surface area contributed by atoms with Crippen molar-refractivity contribution < 1.29 is 10.2 Å². The molecule has 2 nitrogen and oxygen atoms in total. The van der Waals surface area contributed by atoms with Crippen molar-refractivity contribution in [2.75, 3.05) is 0 Å². The van der Waals surface area contributed by atoms with E-state index in [1.807, 2.05) is 12.1 Å². The fourth-order valence-corrected chi connectivity index (χ4v) is 1.63. The predicted octanol–water partition coefficient (Wildman–Crippen LogP) is 3.01. The van der Waals surface area contributed by atoms with Gasteiger partial charge in [-0.3, -0.25) is 0 Å². The van der Waals surface area contributed by atoms with Gasteiger partial charge in [-0.1, -0.05) is 28.1 Å². The van der Waals surface area contributed by atoms with Crippen LogP contribution in [0.1, 0.15) is 0 Å². The zero-order chi connectivity index (χ0) is 9.42. The quantitative estimate of drug-likeness (QED) is 0.693. The molecule has 2 aromatic carbocycles. The summed E-state index contributed by atoms with van der Waals surface area (Å²) in [5.74, 6) is -0.163. The van der Waals surface area contributed by atoms with Crippen LogP contribution in [0.25, 0.3) is 10.8 Å². The Balaban J connectivity index is 2.89. The van der Waals surface area contributed by atoms with E-state index >= 15 is 0 Å². The van der Waals surface area contributed by atoms with Crippen LogP contribution >= 0.6 is 15.9 Å². The summed E-state index contributed by atoms with van der Waals surface area (Å²) in [4.78, 5) is 0. The third kappa shape index (κ3) is 1.35. The smallest absolute Gasteiger partial charge is 0.165 e. The molecule has 13 heavy (non-hydrogen) atoms. The third-order valence-corrected chi connectivity index (χ3v) is 2.43. The topological polar surface area (TPSA) is 40.5 Å². The molecular weight excluding hydrogens is 232 g/mol. The van der Waals surface area contributed by atoms with Crippen molar-refractivity contribution in [1.29, 1.82) is 0 Å². The minimum absolute atomic E-state index is 0.0706. The Hall–Kier alpha value is -1.22. The van der Waals surface area contributed by atoms with Crippen LogP contribution in [0.4, 0.5) is 0 Å². The summed E-state index contributed by atoms with van der Waals surface area (Å²) in [6.45, 7) is 0. The molecule has 0 aliphatic heterocycles. The van der Waals surface area contributed by atoms with E-state index in [0.29, 0.717) is 5.39 Å². The molecule has 0 atom stereocenters. The highest BCUT2D eigenvalue weighted by molar-refractivity contribution is 9.10. The maximum absolute atomic E-state index is 9.51. The Morgan fingerprint density at radius 2 is 1.69 bits per heavy atom. The predicted molar refractivity (Wildman–Crippen MR) is 55.0 cm³/mol. The number of phenolic OH excluding ortho intramolecular Hbond substituents is 2. The highest BCUT2D eigenvalue weighted by Crippen LogP contribution is 2.34. The first-order valence-electron chi connectivity index (χ1n) is 3.78. The molecule has 0 spiro atoms. The zero-order valence-corrected chi connectivity index (χ0v) is 8.25. The molecule has 0 aliphatic rings. The van der Waals surface area contributed by atoms with Crippen molar-refractivity contribution in [3.05, 3.63) is 34.8 Å². The molecule has 0 radical (unpaired) electrons. The van der Waals surface area contributed by atoms with Gasteiger partial charge in [0.2, 0.25) is 0 Å². The lowest BCUT2D eigenvalue weighted by Gasteiger charge is -2.02. The third-order valence-electron chi connectivity index (χ3n) is 1.93. The van der Waals surface area contributed by atoms with E-state index in [1.165, 1.54) is 6.07 Å². The van der Waals surface area contributed by atoms with Crippen molar-refractivity contribution in [2.24, 2.45) is 0 Å². The number of rotatable bonds is 0. The summed E-state index contributed by atoms with van der Waals surface area (Å²) in [5.41, 5.74) is 0. The monoisotopic (exact) mass is 238 g/mol. The molecule has 66 valence electrons. The van der Waals surface area contributed by atoms with E-state index in [-0.39, 0.29) is 11.5 Å². The molecule has 3 heteroatoms. The van der Waals surface area contributed by atoms with Gasteiger partial charge in [0.05, 0.1) is 0 Å². The lowest BCUT2D eigenvalue weighted by atomic mass is 10.1. The van der Waals surface area contributed by atoms with E-state index in [4.69, 9.17) is 0 Å². The van der Waals surface area contributed by atoms with Gasteiger partial charge in [-0.2, -0.15) is 0 Å². The van der Waals surface area contributed by atoms with Crippen LogP contribution < -0.4 is 0 Å². The number of fused-ring (bicyclic) bond motifs is 1. The molecule has 0 unspecified atom stereocenters. The Morgan fingerprint density at radius 3 is 2.46 bits per heavy atom. The molecule has 2 rings (SSSR count). The van der Waals surface area contributed by atoms with E-state index in [1.54, 1.807) is 12.1 Å². The second-order valence-electron chi connectivity index (χ2n) is 2.80. The highest BCUT2D eigenvalue weighted by atomic mass is 79.9. The maximum atomic E-state index is 9.51. The standard InChI is InChI=1S/C10H7BrO2/c11-7-3-1-6-2-4-9(12)10(13)8(6)5-7/h1-5,12-13H. The van der Waals surface area contributed by atoms with Gasteiger partial charge in [0.25, 0.3) is 0 Å². The van der Waals surface area contributed by atoms with Crippen molar-refractivity contribution >= 4 is 26.7 Å². The second-order valence-corrected chi connectivity index (χ2v) is 3.71. The van der Waals surface area contributed by atoms with Crippen LogP contribution in [0.3, 0.4) is 0 Å². The fraction of sp³-hybridized carbons (Fsp3) is 0. The van der Waals surface area contributed by atoms with Crippen LogP contribution in [0.5, 0.6) is 11.5 Å². The van der Waals surface area contributed by atoms with Crippen molar-refractivity contribution in [2.45, 2.75) is 0 Å². The summed E-state index contributed by atoms with van der Waals surface area (Å²) in [7, 11) is 0. The first-order valence-corrected chi connectivity index (χ1v) is 4.58. The lowest BCUT2D eigenvalue weighted by molar-refractivity contribution is 0.408. The van der Waals surface area contributed by atoms with Gasteiger partial charge in [-0.05, 0) is 23.6 Å². The SMILES string of the molecule is Oc1ccc2ccc(Br)cc2c1O. The summed E-state index contributed by atoms with van der Waals surface area (Å²) in [6, 6.07) is 8.77. The van der Waals surface area contributed by atoms with Gasteiger partial charge >= 0.3 is 0 Å². The van der Waals surface area contributed by atoms with Crippen LogP contribution in [-0.2, 0) is 0 Å². The number of hydrogen-bond donors (Lipinski definition) is 2. The second kappa shape index (κ2) is 2.92. The van der Waals surface area contributed by atoms with Gasteiger partial charge in [0.15, 0.2) is 11.5 Å². The number of phenols is 2. The Morgan fingerprint density at radius 1 is 1.00 bits per heavy atom. The molecule has 0 bridgehead atoms. The fourth-order valence-electron chi connectivity index (χ4n) is 1.26. The molecular formula is C10H7BrO2. The van der Waals surface area contributed by atoms with Gasteiger partial charge in [0, 0.05) is 9.86 Å². The van der Waals surface area contributed by atoms with E-state index in [0.717, 1.165) is 9.86 Å². The Labute approximate surface area is 83.6 Å². The summed E-state index contributed by atoms with van der Waals surface area (Å²) in [6.07, 6.45) is 0. The van der Waals surface area contributed by atoms with Crippen molar-refractivity contribution in [3.8, 4) is 11.5 Å². The first kappa shape index (κ1) is 8.38. The normalized spacial score (nSPS) is 10.5. The van der Waals surface area contributed by atoms with Crippen LogP contribution in [0.15, 0.2) is 34.8 Å². The molecule has 0 saturated heterocycles. The summed E-state index contributed by atoms with van der Waals surface area (Å²) in [5, 5.41) is 20.3. The molecule has 0 fully saturated rings. The number of halogens is 1. The highest BCUT2D eigenvalue weighted by Gasteiger charge is 2.04. The lowest BCUT2D eigenvalue weighted by Crippen LogP contribution is -1.75. The molecule has 0 aromatic heterocycles. The van der Waals surface area contributed by atoms with Crippen LogP contribution in [0, 0.1) is 0 Å². The minimum Gasteiger partial charge on any atom is -0.504 e. The zero-order valence-electron chi connectivity index (χ0n) is 6.66. The van der Waals surface area contributed by atoms with Crippen molar-refractivity contribution in [1.82, 2.24) is 0 Å². The van der Waals surface area contributed by atoms with Crippen LogP contribution in [0.2, 0.25) is 0 Å². The van der Waals surface area contributed by atoms with E-state index in [9.17, 15) is 10.2 Å². The molecule has 0 saturated carbocycles. The molecule has 2 aromatic rings. The molecule has 0 amide bonds. The summed E-state index contributed by atoms with van der Waals surface area (Å²) < 4.78 is 0.876. The van der Waals surface area contributed by atoms with Gasteiger partial charge in [-0.25, -0.2) is 0 Å². The Bertz CT molecular complexity index is 460. The largest absolute Gasteiger partial charge is 0.504 e. The number of aromatic hydroxyl groups is 2. The molecule has 2 N–H and O–H groups in total. The van der Waals surface area contributed by atoms with Crippen LogP contribution in [-0.4, -0.2) is 10.2 Å². The van der Waals surface area contributed by atoms with Gasteiger partial charge in [-0.15, -0.1) is 0 Å². The van der Waals surface area contributed by atoms with E-state index in [2.05, 4.69) is 15.9 Å². The minimum atomic E-state index is -0.0920.